The van der Waals surface area contributed by atoms with Crippen LogP contribution in [0.2, 0.25) is 0 Å². The van der Waals surface area contributed by atoms with Gasteiger partial charge < -0.3 is 4.90 Å². The molecule has 1 N–H and O–H groups in total. The van der Waals surface area contributed by atoms with Crippen LogP contribution < -0.4 is 4.72 Å². The van der Waals surface area contributed by atoms with E-state index in [0.29, 0.717) is 0 Å². The number of likely N-dealkylation sites (tertiary alicyclic amines) is 1. The van der Waals surface area contributed by atoms with Crippen molar-refractivity contribution in [3.05, 3.63) is 52.9 Å². The summed E-state index contributed by atoms with van der Waals surface area (Å²) in [5, 5.41) is 1.72. The molecule has 0 bridgehead atoms. The van der Waals surface area contributed by atoms with Crippen LogP contribution in [-0.2, 0) is 14.8 Å². The Balaban J connectivity index is 1.60. The molecule has 3 rings (SSSR count). The Labute approximate surface area is 152 Å². The van der Waals surface area contributed by atoms with Crippen molar-refractivity contribution in [2.24, 2.45) is 0 Å². The number of amides is 1. The predicted octanol–water partition coefficient (Wildman–Crippen LogP) is 3.09. The lowest BCUT2D eigenvalue weighted by Gasteiger charge is -2.26. The number of carbonyl (C=O) groups is 1. The van der Waals surface area contributed by atoms with Crippen molar-refractivity contribution in [3.63, 3.8) is 0 Å². The second-order valence-electron chi connectivity index (χ2n) is 6.18. The van der Waals surface area contributed by atoms with Gasteiger partial charge in [0.2, 0.25) is 15.9 Å². The van der Waals surface area contributed by atoms with E-state index in [-0.39, 0.29) is 29.1 Å². The quantitative estimate of drug-likeness (QED) is 0.840. The van der Waals surface area contributed by atoms with E-state index in [9.17, 15) is 13.2 Å². The molecule has 7 heteroatoms. The normalized spacial score (nSPS) is 17.8. The highest BCUT2D eigenvalue weighted by Crippen LogP contribution is 2.33. The summed E-state index contributed by atoms with van der Waals surface area (Å²) in [5.41, 5.74) is 2.37. The molecule has 0 aliphatic carbocycles. The first kappa shape index (κ1) is 18.1. The molecule has 5 nitrogen and oxygen atoms in total. The lowest BCUT2D eigenvalue weighted by molar-refractivity contribution is -0.131. The van der Waals surface area contributed by atoms with E-state index in [2.05, 4.69) is 23.8 Å². The molecule has 0 unspecified atom stereocenters. The lowest BCUT2D eigenvalue weighted by Crippen LogP contribution is -2.34. The Hall–Kier alpha value is -1.70. The monoisotopic (exact) mass is 378 g/mol. The predicted molar refractivity (Wildman–Crippen MR) is 99.0 cm³/mol. The van der Waals surface area contributed by atoms with Gasteiger partial charge in [-0.25, -0.2) is 13.1 Å². The van der Waals surface area contributed by atoms with E-state index >= 15 is 0 Å². The molecule has 1 saturated heterocycles. The molecule has 1 aliphatic heterocycles. The summed E-state index contributed by atoms with van der Waals surface area (Å²) in [7, 11) is -3.51. The van der Waals surface area contributed by atoms with E-state index in [1.54, 1.807) is 17.5 Å². The van der Waals surface area contributed by atoms with Gasteiger partial charge in [-0.3, -0.25) is 4.79 Å². The van der Waals surface area contributed by atoms with Gasteiger partial charge in [0.15, 0.2) is 0 Å². The Morgan fingerprint density at radius 3 is 2.80 bits per heavy atom. The van der Waals surface area contributed by atoms with Crippen LogP contribution in [0.25, 0.3) is 0 Å². The molecule has 1 aromatic carbocycles. The average molecular weight is 379 g/mol. The minimum absolute atomic E-state index is 0.000340. The van der Waals surface area contributed by atoms with Gasteiger partial charge in [0.25, 0.3) is 0 Å². The first-order valence-electron chi connectivity index (χ1n) is 8.37. The van der Waals surface area contributed by atoms with Gasteiger partial charge in [-0.15, -0.1) is 11.3 Å². The standard InChI is InChI=1S/C18H22N2O3S2/c1-14-6-2-3-7-15(14)16-8-4-12-20(16)17(21)10-11-19-25(22,23)18-9-5-13-24-18/h2-3,5-7,9,13,16,19H,4,8,10-12H2,1H3/t16-/m1/s1. The zero-order valence-corrected chi connectivity index (χ0v) is 15.8. The van der Waals surface area contributed by atoms with Gasteiger partial charge in [-0.2, -0.15) is 0 Å². The maximum absolute atomic E-state index is 12.6. The highest BCUT2D eigenvalue weighted by atomic mass is 32.2. The first-order chi connectivity index (χ1) is 12.0. The molecule has 1 aliphatic rings. The zero-order chi connectivity index (χ0) is 17.9. The van der Waals surface area contributed by atoms with E-state index in [4.69, 9.17) is 0 Å². The van der Waals surface area contributed by atoms with Crippen molar-refractivity contribution in [1.82, 2.24) is 9.62 Å². The van der Waals surface area contributed by atoms with Crippen LogP contribution in [0, 0.1) is 6.92 Å². The molecule has 25 heavy (non-hydrogen) atoms. The summed E-state index contributed by atoms with van der Waals surface area (Å²) >= 11 is 1.17. The van der Waals surface area contributed by atoms with Crippen LogP contribution in [0.5, 0.6) is 0 Å². The molecule has 2 heterocycles. The van der Waals surface area contributed by atoms with Gasteiger partial charge in [-0.1, -0.05) is 30.3 Å². The van der Waals surface area contributed by atoms with Gasteiger partial charge in [-0.05, 0) is 42.3 Å². The maximum Gasteiger partial charge on any atom is 0.250 e. The minimum Gasteiger partial charge on any atom is -0.336 e. The third-order valence-corrected chi connectivity index (χ3v) is 7.37. The van der Waals surface area contributed by atoms with Gasteiger partial charge in [0, 0.05) is 19.5 Å². The van der Waals surface area contributed by atoms with Gasteiger partial charge in [0.1, 0.15) is 4.21 Å². The van der Waals surface area contributed by atoms with Crippen LogP contribution >= 0.6 is 11.3 Å². The molecule has 1 fully saturated rings. The molecule has 0 saturated carbocycles. The number of carbonyl (C=O) groups excluding carboxylic acids is 1. The highest BCUT2D eigenvalue weighted by molar-refractivity contribution is 7.91. The Morgan fingerprint density at radius 1 is 1.28 bits per heavy atom. The number of hydrogen-bond donors (Lipinski definition) is 1. The van der Waals surface area contributed by atoms with Crippen molar-refractivity contribution >= 4 is 27.3 Å². The average Bonchev–Trinajstić information content (AvgIpc) is 3.27. The molecule has 2 aromatic rings. The smallest absolute Gasteiger partial charge is 0.250 e. The zero-order valence-electron chi connectivity index (χ0n) is 14.1. The SMILES string of the molecule is Cc1ccccc1[C@H]1CCCN1C(=O)CCNS(=O)(=O)c1cccs1. The third kappa shape index (κ3) is 4.11. The number of nitrogens with one attached hydrogen (secondary N) is 1. The van der Waals surface area contributed by atoms with Gasteiger partial charge >= 0.3 is 0 Å². The van der Waals surface area contributed by atoms with E-state index in [0.717, 1.165) is 19.4 Å². The third-order valence-electron chi connectivity index (χ3n) is 4.51. The van der Waals surface area contributed by atoms with Crippen LogP contribution in [-0.4, -0.2) is 32.3 Å². The largest absolute Gasteiger partial charge is 0.336 e. The minimum atomic E-state index is -3.51. The molecule has 0 spiro atoms. The summed E-state index contributed by atoms with van der Waals surface area (Å²) in [4.78, 5) is 14.5. The highest BCUT2D eigenvalue weighted by Gasteiger charge is 2.30. The molecule has 1 amide bonds. The molecule has 1 atom stereocenters. The van der Waals surface area contributed by atoms with E-state index in [1.165, 1.54) is 22.5 Å². The number of hydrogen-bond acceptors (Lipinski definition) is 4. The van der Waals surface area contributed by atoms with Crippen LogP contribution in [0.1, 0.15) is 36.4 Å². The fourth-order valence-corrected chi connectivity index (χ4v) is 5.34. The number of sulfonamides is 1. The van der Waals surface area contributed by atoms with Crippen molar-refractivity contribution < 1.29 is 13.2 Å². The van der Waals surface area contributed by atoms with Crippen LogP contribution in [0.3, 0.4) is 0 Å². The molecular weight excluding hydrogens is 356 g/mol. The molecule has 0 radical (unpaired) electrons. The number of nitrogens with zero attached hydrogens (tertiary/aromatic N) is 1. The van der Waals surface area contributed by atoms with Crippen molar-refractivity contribution in [2.45, 2.75) is 36.4 Å². The lowest BCUT2D eigenvalue weighted by atomic mass is 9.99. The van der Waals surface area contributed by atoms with Crippen LogP contribution in [0.15, 0.2) is 46.0 Å². The summed E-state index contributed by atoms with van der Waals surface area (Å²) in [5.74, 6) is -0.000340. The first-order valence-corrected chi connectivity index (χ1v) is 10.7. The Morgan fingerprint density at radius 2 is 2.08 bits per heavy atom. The summed E-state index contributed by atoms with van der Waals surface area (Å²) in [6.07, 6.45) is 2.11. The van der Waals surface area contributed by atoms with Gasteiger partial charge in [0.05, 0.1) is 6.04 Å². The fraction of sp³-hybridized carbons (Fsp3) is 0.389. The maximum atomic E-state index is 12.6. The number of rotatable bonds is 6. The van der Waals surface area contributed by atoms with Crippen molar-refractivity contribution in [3.8, 4) is 0 Å². The van der Waals surface area contributed by atoms with E-state index < -0.39 is 10.0 Å². The fourth-order valence-electron chi connectivity index (χ4n) is 3.27. The Bertz CT molecular complexity index is 832. The molecular formula is C18H22N2O3S2. The molecule has 1 aromatic heterocycles. The summed E-state index contributed by atoms with van der Waals surface area (Å²) in [6.45, 7) is 2.91. The summed E-state index contributed by atoms with van der Waals surface area (Å²) in [6, 6.07) is 11.5. The number of benzene rings is 1. The number of aryl methyl sites for hydroxylation is 1. The van der Waals surface area contributed by atoms with Crippen molar-refractivity contribution in [1.29, 1.82) is 0 Å². The second-order valence-corrected chi connectivity index (χ2v) is 9.12. The van der Waals surface area contributed by atoms with E-state index in [1.807, 2.05) is 17.0 Å². The van der Waals surface area contributed by atoms with Crippen LogP contribution in [0.4, 0.5) is 0 Å². The Kier molecular flexibility index (Phi) is 5.56. The second kappa shape index (κ2) is 7.68. The molecule has 134 valence electrons. The topological polar surface area (TPSA) is 66.5 Å². The summed E-state index contributed by atoms with van der Waals surface area (Å²) < 4.78 is 27.0. The number of thiophene rings is 1. The van der Waals surface area contributed by atoms with Crippen molar-refractivity contribution in [2.75, 3.05) is 13.1 Å².